The van der Waals surface area contributed by atoms with Gasteiger partial charge in [0.1, 0.15) is 0 Å². The average Bonchev–Trinajstić information content (AvgIpc) is 2.45. The molecule has 0 aromatic rings. The van der Waals surface area contributed by atoms with Crippen LogP contribution in [0.3, 0.4) is 0 Å². The Bertz CT molecular complexity index is 431. The molecule has 0 radical (unpaired) electrons. The fourth-order valence-electron chi connectivity index (χ4n) is 6.75. The summed E-state index contributed by atoms with van der Waals surface area (Å²) in [5.41, 5.74) is 5.17. The summed E-state index contributed by atoms with van der Waals surface area (Å²) in [6, 6.07) is 0. The van der Waals surface area contributed by atoms with E-state index in [1.54, 1.807) is 0 Å². The number of hydrogen-bond acceptors (Lipinski definition) is 0. The summed E-state index contributed by atoms with van der Waals surface area (Å²) >= 11 is 0. The lowest BCUT2D eigenvalue weighted by atomic mass is 9.44. The van der Waals surface area contributed by atoms with Gasteiger partial charge >= 0.3 is 0 Å². The molecule has 0 aliphatic heterocycles. The summed E-state index contributed by atoms with van der Waals surface area (Å²) in [7, 11) is 0. The number of rotatable bonds is 0. The van der Waals surface area contributed by atoms with Crippen LogP contribution in [0.5, 0.6) is 0 Å². The van der Waals surface area contributed by atoms with Crippen LogP contribution in [-0.2, 0) is 0 Å². The lowest BCUT2D eigenvalue weighted by Crippen LogP contribution is -2.51. The van der Waals surface area contributed by atoms with Crippen molar-refractivity contribution in [1.82, 2.24) is 0 Å². The van der Waals surface area contributed by atoms with Crippen LogP contribution in [0.15, 0.2) is 11.1 Å². The molecule has 112 valence electrons. The summed E-state index contributed by atoms with van der Waals surface area (Å²) in [6.45, 7) is 5.35. The van der Waals surface area contributed by atoms with Gasteiger partial charge in [0.15, 0.2) is 0 Å². The second-order valence-electron chi connectivity index (χ2n) is 8.99. The van der Waals surface area contributed by atoms with Crippen molar-refractivity contribution in [3.8, 4) is 0 Å². The Morgan fingerprint density at radius 1 is 0.850 bits per heavy atom. The molecule has 0 N–H and O–H groups in total. The lowest BCUT2D eigenvalue weighted by molar-refractivity contribution is -0.0859. The van der Waals surface area contributed by atoms with E-state index in [0.717, 1.165) is 11.8 Å². The van der Waals surface area contributed by atoms with E-state index in [-0.39, 0.29) is 0 Å². The first-order chi connectivity index (χ1) is 9.62. The van der Waals surface area contributed by atoms with Gasteiger partial charge in [0.05, 0.1) is 0 Å². The highest BCUT2D eigenvalue weighted by atomic mass is 14.6. The molecule has 4 aliphatic carbocycles. The van der Waals surface area contributed by atoms with E-state index in [0.29, 0.717) is 10.8 Å². The second kappa shape index (κ2) is 4.62. The fraction of sp³-hybridized carbons (Fsp3) is 0.900. The van der Waals surface area contributed by atoms with Crippen LogP contribution in [-0.4, -0.2) is 0 Å². The van der Waals surface area contributed by atoms with Crippen LogP contribution in [0.25, 0.3) is 0 Å². The Kier molecular flexibility index (Phi) is 3.09. The fourth-order valence-corrected chi connectivity index (χ4v) is 6.75. The molecule has 0 aromatic heterocycles. The highest BCUT2D eigenvalue weighted by molar-refractivity contribution is 5.26. The topological polar surface area (TPSA) is 0 Å². The molecule has 2 saturated carbocycles. The van der Waals surface area contributed by atoms with Gasteiger partial charge in [-0.2, -0.15) is 0 Å². The quantitative estimate of drug-likeness (QED) is 0.456. The van der Waals surface area contributed by atoms with Crippen molar-refractivity contribution < 1.29 is 0 Å². The van der Waals surface area contributed by atoms with E-state index in [1.807, 2.05) is 11.1 Å². The molecule has 20 heavy (non-hydrogen) atoms. The maximum Gasteiger partial charge on any atom is -0.0252 e. The highest BCUT2D eigenvalue weighted by Gasteiger charge is 2.55. The van der Waals surface area contributed by atoms with Crippen LogP contribution < -0.4 is 0 Å². The number of allylic oxidation sites excluding steroid dienone is 2. The van der Waals surface area contributed by atoms with Gasteiger partial charge in [0.25, 0.3) is 0 Å². The Morgan fingerprint density at radius 3 is 2.50 bits per heavy atom. The number of fused-ring (bicyclic) bond motifs is 3. The molecule has 4 atom stereocenters. The van der Waals surface area contributed by atoms with Crippen molar-refractivity contribution in [2.45, 2.75) is 90.9 Å². The lowest BCUT2D eigenvalue weighted by Gasteiger charge is -2.61. The standard InChI is InChI=1S/C20H32/c1-19-12-10-17-9-5-6-11-20(17,2)18(19)13-15-7-3-4-8-16(15)14-19/h17-18H,3-14H2,1-2H3/t17-,18+,19+,20+/m1/s1. The summed E-state index contributed by atoms with van der Waals surface area (Å²) in [5, 5.41) is 0. The molecule has 0 unspecified atom stereocenters. The van der Waals surface area contributed by atoms with Gasteiger partial charge in [-0.25, -0.2) is 0 Å². The average molecular weight is 272 g/mol. The summed E-state index contributed by atoms with van der Waals surface area (Å²) in [5.74, 6) is 2.06. The minimum atomic E-state index is 0.652. The van der Waals surface area contributed by atoms with E-state index < -0.39 is 0 Å². The minimum absolute atomic E-state index is 0.652. The summed E-state index contributed by atoms with van der Waals surface area (Å²) < 4.78 is 0. The molecule has 0 nitrogen and oxygen atoms in total. The highest BCUT2D eigenvalue weighted by Crippen LogP contribution is 2.65. The van der Waals surface area contributed by atoms with Crippen LogP contribution >= 0.6 is 0 Å². The van der Waals surface area contributed by atoms with Crippen molar-refractivity contribution in [1.29, 1.82) is 0 Å². The zero-order valence-electron chi connectivity index (χ0n) is 13.6. The SMILES string of the molecule is C[C@@]12CC[C@H]3CCCC[C@]3(C)[C@H]1CC1=C(CCCC1)C2. The molecule has 0 heteroatoms. The van der Waals surface area contributed by atoms with Crippen molar-refractivity contribution in [2.75, 3.05) is 0 Å². The van der Waals surface area contributed by atoms with Crippen molar-refractivity contribution in [2.24, 2.45) is 22.7 Å². The number of hydrogen-bond donors (Lipinski definition) is 0. The third-order valence-corrected chi connectivity index (χ3v) is 7.93. The van der Waals surface area contributed by atoms with Gasteiger partial charge in [-0.3, -0.25) is 0 Å². The van der Waals surface area contributed by atoms with E-state index in [4.69, 9.17) is 0 Å². The van der Waals surface area contributed by atoms with Crippen LogP contribution in [0, 0.1) is 22.7 Å². The van der Waals surface area contributed by atoms with Gasteiger partial charge < -0.3 is 0 Å². The molecular weight excluding hydrogens is 240 g/mol. The van der Waals surface area contributed by atoms with Crippen molar-refractivity contribution in [3.05, 3.63) is 11.1 Å². The van der Waals surface area contributed by atoms with Crippen molar-refractivity contribution >= 4 is 0 Å². The van der Waals surface area contributed by atoms with Gasteiger partial charge in [0.2, 0.25) is 0 Å². The molecule has 0 heterocycles. The maximum atomic E-state index is 2.69. The van der Waals surface area contributed by atoms with Gasteiger partial charge in [-0.1, -0.05) is 37.8 Å². The molecule has 4 rings (SSSR count). The van der Waals surface area contributed by atoms with Crippen LogP contribution in [0.4, 0.5) is 0 Å². The van der Waals surface area contributed by atoms with E-state index in [9.17, 15) is 0 Å². The van der Waals surface area contributed by atoms with Gasteiger partial charge in [-0.05, 0) is 86.9 Å². The first kappa shape index (κ1) is 13.4. The first-order valence-corrected chi connectivity index (χ1v) is 9.32. The molecule has 0 bridgehead atoms. The van der Waals surface area contributed by atoms with E-state index >= 15 is 0 Å². The molecule has 4 aliphatic rings. The zero-order chi connectivity index (χ0) is 13.8. The predicted octanol–water partition coefficient (Wildman–Crippen LogP) is 6.26. The normalized spacial score (nSPS) is 48.3. The van der Waals surface area contributed by atoms with Crippen LogP contribution in [0.2, 0.25) is 0 Å². The van der Waals surface area contributed by atoms with E-state index in [2.05, 4.69) is 13.8 Å². The third-order valence-electron chi connectivity index (χ3n) is 7.93. The van der Waals surface area contributed by atoms with Crippen LogP contribution in [0.1, 0.15) is 90.9 Å². The molecular formula is C20H32. The minimum Gasteiger partial charge on any atom is -0.0707 e. The molecule has 0 aromatic carbocycles. The Balaban J connectivity index is 1.70. The molecule has 0 saturated heterocycles. The largest absolute Gasteiger partial charge is 0.0707 e. The Hall–Kier alpha value is -0.260. The van der Waals surface area contributed by atoms with Crippen molar-refractivity contribution in [3.63, 3.8) is 0 Å². The summed E-state index contributed by atoms with van der Waals surface area (Å²) in [6.07, 6.45) is 17.9. The monoisotopic (exact) mass is 272 g/mol. The summed E-state index contributed by atoms with van der Waals surface area (Å²) in [4.78, 5) is 0. The zero-order valence-corrected chi connectivity index (χ0v) is 13.6. The van der Waals surface area contributed by atoms with Gasteiger partial charge in [-0.15, -0.1) is 0 Å². The maximum absolute atomic E-state index is 2.69. The van der Waals surface area contributed by atoms with Gasteiger partial charge in [0, 0.05) is 0 Å². The Labute approximate surface area is 125 Å². The smallest absolute Gasteiger partial charge is 0.0252 e. The molecule has 2 fully saturated rings. The molecule has 0 amide bonds. The van der Waals surface area contributed by atoms with E-state index in [1.165, 1.54) is 77.0 Å². The first-order valence-electron chi connectivity index (χ1n) is 9.32. The third kappa shape index (κ3) is 1.86. The predicted molar refractivity (Wildman–Crippen MR) is 85.6 cm³/mol. The Morgan fingerprint density at radius 2 is 1.65 bits per heavy atom. The second-order valence-corrected chi connectivity index (χ2v) is 8.99. The molecule has 0 spiro atoms.